The van der Waals surface area contributed by atoms with Gasteiger partial charge >= 0.3 is 0 Å². The van der Waals surface area contributed by atoms with Gasteiger partial charge in [-0.1, -0.05) is 36.0 Å². The molecule has 0 radical (unpaired) electrons. The molecule has 0 amide bonds. The molecule has 2 aromatic carbocycles. The summed E-state index contributed by atoms with van der Waals surface area (Å²) in [7, 11) is 2.07. The number of fused-ring (bicyclic) bond motifs is 1. The number of nitrogens with zero attached hydrogens (tertiary/aromatic N) is 1. The molecule has 3 heteroatoms. The van der Waals surface area contributed by atoms with Crippen molar-refractivity contribution in [2.45, 2.75) is 11.8 Å². The van der Waals surface area contributed by atoms with Gasteiger partial charge in [-0.3, -0.25) is 4.79 Å². The van der Waals surface area contributed by atoms with E-state index in [9.17, 15) is 4.79 Å². The third-order valence-corrected chi connectivity index (χ3v) is 4.78. The van der Waals surface area contributed by atoms with Gasteiger partial charge in [-0.2, -0.15) is 0 Å². The van der Waals surface area contributed by atoms with Crippen LogP contribution in [0.4, 0.5) is 5.69 Å². The number of rotatable bonds is 3. The van der Waals surface area contributed by atoms with Gasteiger partial charge in [0.05, 0.1) is 4.91 Å². The highest BCUT2D eigenvalue weighted by Crippen LogP contribution is 2.40. The Hall–Kier alpha value is -2.00. The molecule has 0 spiro atoms. The second-order valence-electron chi connectivity index (χ2n) is 5.04. The van der Waals surface area contributed by atoms with E-state index in [-0.39, 0.29) is 5.78 Å². The molecule has 2 aromatic rings. The highest BCUT2D eigenvalue weighted by Gasteiger charge is 2.24. The van der Waals surface area contributed by atoms with Crippen LogP contribution in [0.2, 0.25) is 0 Å². The second-order valence-corrected chi connectivity index (χ2v) is 6.13. The Kier molecular flexibility index (Phi) is 3.84. The normalized spacial score (nSPS) is 15.3. The van der Waals surface area contributed by atoms with Gasteiger partial charge in [0.1, 0.15) is 0 Å². The fourth-order valence-corrected chi connectivity index (χ4v) is 3.35. The summed E-state index contributed by atoms with van der Waals surface area (Å²) in [4.78, 5) is 16.4. The van der Waals surface area contributed by atoms with Crippen LogP contribution in [-0.4, -0.2) is 19.4 Å². The largest absolute Gasteiger partial charge is 0.375 e. The van der Waals surface area contributed by atoms with Crippen molar-refractivity contribution in [1.82, 2.24) is 0 Å². The smallest absolute Gasteiger partial charge is 0.200 e. The summed E-state index contributed by atoms with van der Waals surface area (Å²) in [5.41, 5.74) is 3.07. The zero-order valence-corrected chi connectivity index (χ0v) is 13.0. The fourth-order valence-electron chi connectivity index (χ4n) is 2.29. The second kappa shape index (κ2) is 5.78. The van der Waals surface area contributed by atoms with Crippen LogP contribution in [0.5, 0.6) is 0 Å². The number of ketones is 1. The highest BCUT2D eigenvalue weighted by atomic mass is 32.2. The predicted molar refractivity (Wildman–Crippen MR) is 90.0 cm³/mol. The number of thioether (sulfide) groups is 1. The minimum atomic E-state index is 0.130. The Bertz CT molecular complexity index is 703. The lowest BCUT2D eigenvalue weighted by Gasteiger charge is -2.16. The molecule has 0 atom stereocenters. The molecule has 0 N–H and O–H groups in total. The van der Waals surface area contributed by atoms with Crippen molar-refractivity contribution >= 4 is 29.3 Å². The van der Waals surface area contributed by atoms with E-state index < -0.39 is 0 Å². The van der Waals surface area contributed by atoms with Gasteiger partial charge in [0.25, 0.3) is 0 Å². The maximum atomic E-state index is 12.3. The van der Waals surface area contributed by atoms with Crippen LogP contribution in [0.25, 0.3) is 6.08 Å². The average Bonchev–Trinajstić information content (AvgIpc) is 2.84. The van der Waals surface area contributed by atoms with E-state index in [1.54, 1.807) is 11.8 Å². The number of carbonyl (C=O) groups excluding carboxylic acids is 1. The SMILES string of the molecule is CCN(C)c1ccc(C=C2Sc3ccccc3C2=O)cc1. The summed E-state index contributed by atoms with van der Waals surface area (Å²) in [5, 5.41) is 0. The first-order valence-corrected chi connectivity index (χ1v) is 7.85. The van der Waals surface area contributed by atoms with Crippen LogP contribution in [0.3, 0.4) is 0 Å². The summed E-state index contributed by atoms with van der Waals surface area (Å²) in [6.07, 6.45) is 1.97. The molecule has 0 saturated carbocycles. The standard InChI is InChI=1S/C18H17NOS/c1-3-19(2)14-10-8-13(9-11-14)12-17-18(20)15-6-4-5-7-16(15)21-17/h4-12H,3H2,1-2H3. The van der Waals surface area contributed by atoms with Crippen LogP contribution >= 0.6 is 11.8 Å². The maximum absolute atomic E-state index is 12.3. The van der Waals surface area contributed by atoms with Crippen molar-refractivity contribution in [3.8, 4) is 0 Å². The molecule has 0 aliphatic carbocycles. The summed E-state index contributed by atoms with van der Waals surface area (Å²) < 4.78 is 0. The zero-order chi connectivity index (χ0) is 14.8. The molecule has 1 aliphatic heterocycles. The van der Waals surface area contributed by atoms with E-state index >= 15 is 0 Å². The summed E-state index contributed by atoms with van der Waals surface area (Å²) in [6.45, 7) is 3.10. The van der Waals surface area contributed by atoms with Gasteiger partial charge in [0.2, 0.25) is 5.78 Å². The number of carbonyl (C=O) groups is 1. The Morgan fingerprint density at radius 2 is 1.81 bits per heavy atom. The molecule has 106 valence electrons. The van der Waals surface area contributed by atoms with Gasteiger partial charge in [-0.05, 0) is 42.8 Å². The number of Topliss-reactive ketones (excluding diaryl/α,β-unsaturated/α-hetero) is 1. The summed E-state index contributed by atoms with van der Waals surface area (Å²) in [5.74, 6) is 0.130. The monoisotopic (exact) mass is 295 g/mol. The van der Waals surface area contributed by atoms with Gasteiger partial charge < -0.3 is 4.90 Å². The predicted octanol–water partition coefficient (Wildman–Crippen LogP) is 4.47. The minimum absolute atomic E-state index is 0.130. The van der Waals surface area contributed by atoms with Gasteiger partial charge in [-0.15, -0.1) is 0 Å². The third kappa shape index (κ3) is 2.74. The van der Waals surface area contributed by atoms with E-state index in [2.05, 4.69) is 43.1 Å². The van der Waals surface area contributed by atoms with Crippen LogP contribution in [0, 0.1) is 0 Å². The molecule has 0 saturated heterocycles. The molecular formula is C18H17NOS. The number of hydrogen-bond donors (Lipinski definition) is 0. The first-order valence-electron chi connectivity index (χ1n) is 7.03. The molecule has 1 aliphatic rings. The first-order chi connectivity index (χ1) is 10.2. The molecular weight excluding hydrogens is 278 g/mol. The highest BCUT2D eigenvalue weighted by molar-refractivity contribution is 8.04. The third-order valence-electron chi connectivity index (χ3n) is 3.68. The minimum Gasteiger partial charge on any atom is -0.375 e. The number of benzene rings is 2. The van der Waals surface area contributed by atoms with E-state index in [1.165, 1.54) is 5.69 Å². The van der Waals surface area contributed by atoms with E-state index in [0.717, 1.165) is 27.5 Å². The zero-order valence-electron chi connectivity index (χ0n) is 12.2. The Morgan fingerprint density at radius 3 is 2.48 bits per heavy atom. The maximum Gasteiger partial charge on any atom is 0.200 e. The van der Waals surface area contributed by atoms with Crippen molar-refractivity contribution in [3.63, 3.8) is 0 Å². The Morgan fingerprint density at radius 1 is 1.10 bits per heavy atom. The molecule has 2 nitrogen and oxygen atoms in total. The summed E-state index contributed by atoms with van der Waals surface area (Å²) >= 11 is 1.56. The molecule has 0 aromatic heterocycles. The number of allylic oxidation sites excluding steroid dienone is 1. The Labute approximate surface area is 129 Å². The van der Waals surface area contributed by atoms with Crippen molar-refractivity contribution in [3.05, 3.63) is 64.6 Å². The van der Waals surface area contributed by atoms with Gasteiger partial charge in [-0.25, -0.2) is 0 Å². The lowest BCUT2D eigenvalue weighted by atomic mass is 10.1. The van der Waals surface area contributed by atoms with Crippen LogP contribution in [-0.2, 0) is 0 Å². The van der Waals surface area contributed by atoms with Gasteiger partial charge in [0, 0.05) is 29.7 Å². The van der Waals surface area contributed by atoms with Crippen LogP contribution in [0.15, 0.2) is 58.3 Å². The van der Waals surface area contributed by atoms with Crippen LogP contribution in [0.1, 0.15) is 22.8 Å². The van der Waals surface area contributed by atoms with Crippen molar-refractivity contribution < 1.29 is 4.79 Å². The lowest BCUT2D eigenvalue weighted by molar-refractivity contribution is 0.104. The quantitative estimate of drug-likeness (QED) is 0.779. The Balaban J connectivity index is 1.85. The molecule has 21 heavy (non-hydrogen) atoms. The fraction of sp³-hybridized carbons (Fsp3) is 0.167. The first kappa shape index (κ1) is 14.0. The topological polar surface area (TPSA) is 20.3 Å². The lowest BCUT2D eigenvalue weighted by Crippen LogP contribution is -2.15. The number of hydrogen-bond acceptors (Lipinski definition) is 3. The molecule has 0 fully saturated rings. The average molecular weight is 295 g/mol. The van der Waals surface area contributed by atoms with E-state index in [0.29, 0.717) is 0 Å². The number of anilines is 1. The van der Waals surface area contributed by atoms with Gasteiger partial charge in [0.15, 0.2) is 0 Å². The van der Waals surface area contributed by atoms with Crippen LogP contribution < -0.4 is 4.90 Å². The molecule has 1 heterocycles. The molecule has 0 unspecified atom stereocenters. The van der Waals surface area contributed by atoms with E-state index in [1.807, 2.05) is 30.3 Å². The van der Waals surface area contributed by atoms with Crippen molar-refractivity contribution in [2.75, 3.05) is 18.5 Å². The van der Waals surface area contributed by atoms with Crippen molar-refractivity contribution in [2.24, 2.45) is 0 Å². The van der Waals surface area contributed by atoms with Crippen molar-refractivity contribution in [1.29, 1.82) is 0 Å². The van der Waals surface area contributed by atoms with E-state index in [4.69, 9.17) is 0 Å². The summed E-state index contributed by atoms with van der Waals surface area (Å²) in [6, 6.07) is 16.1. The molecule has 3 rings (SSSR count). The molecule has 0 bridgehead atoms.